The second-order valence-electron chi connectivity index (χ2n) is 6.38. The summed E-state index contributed by atoms with van der Waals surface area (Å²) in [6, 6.07) is 7.09. The number of nitrogens with two attached hydrogens (primary N) is 1. The van der Waals surface area contributed by atoms with Crippen LogP contribution in [0.5, 0.6) is 0 Å². The van der Waals surface area contributed by atoms with Gasteiger partial charge in [0, 0.05) is 31.9 Å². The first-order chi connectivity index (χ1) is 10.9. The number of aryl methyl sites for hydroxylation is 1. The summed E-state index contributed by atoms with van der Waals surface area (Å²) in [5.74, 6) is 0.0869. The van der Waals surface area contributed by atoms with Crippen molar-refractivity contribution in [1.29, 1.82) is 0 Å². The van der Waals surface area contributed by atoms with E-state index in [-0.39, 0.29) is 17.9 Å². The molecule has 0 radical (unpaired) electrons. The molecule has 1 saturated heterocycles. The van der Waals surface area contributed by atoms with E-state index in [1.54, 1.807) is 9.80 Å². The van der Waals surface area contributed by atoms with Crippen molar-refractivity contribution in [2.75, 3.05) is 31.5 Å². The van der Waals surface area contributed by atoms with Crippen LogP contribution >= 0.6 is 0 Å². The topological polar surface area (TPSA) is 78.7 Å². The van der Waals surface area contributed by atoms with Crippen molar-refractivity contribution >= 4 is 17.6 Å². The maximum atomic E-state index is 12.3. The molecule has 0 aliphatic carbocycles. The third kappa shape index (κ3) is 4.45. The number of rotatable bonds is 3. The summed E-state index contributed by atoms with van der Waals surface area (Å²) in [6.07, 6.45) is 0. The van der Waals surface area contributed by atoms with Gasteiger partial charge in [-0.15, -0.1) is 0 Å². The van der Waals surface area contributed by atoms with Gasteiger partial charge in [-0.25, -0.2) is 4.79 Å². The number of hydrogen-bond acceptors (Lipinski definition) is 3. The van der Waals surface area contributed by atoms with Crippen LogP contribution in [0.1, 0.15) is 19.4 Å². The Balaban J connectivity index is 1.86. The molecule has 126 valence electrons. The minimum absolute atomic E-state index is 0.0289. The number of anilines is 1. The maximum Gasteiger partial charge on any atom is 0.321 e. The highest BCUT2D eigenvalue weighted by molar-refractivity contribution is 5.89. The number of nitrogens with zero attached hydrogens (tertiary/aromatic N) is 2. The van der Waals surface area contributed by atoms with Gasteiger partial charge < -0.3 is 20.9 Å². The van der Waals surface area contributed by atoms with Crippen LogP contribution in [-0.4, -0.2) is 54.0 Å². The average Bonchev–Trinajstić information content (AvgIpc) is 2.53. The van der Waals surface area contributed by atoms with Gasteiger partial charge >= 0.3 is 6.03 Å². The summed E-state index contributed by atoms with van der Waals surface area (Å²) in [7, 11) is 0. The van der Waals surface area contributed by atoms with E-state index in [0.717, 1.165) is 11.3 Å². The lowest BCUT2D eigenvalue weighted by molar-refractivity contribution is -0.134. The minimum atomic E-state index is -0.470. The van der Waals surface area contributed by atoms with Gasteiger partial charge in [0.2, 0.25) is 5.91 Å². The fraction of sp³-hybridized carbons (Fsp3) is 0.529. The third-order valence-electron chi connectivity index (χ3n) is 4.15. The highest BCUT2D eigenvalue weighted by Gasteiger charge is 2.28. The molecule has 1 aliphatic heterocycles. The van der Waals surface area contributed by atoms with Crippen molar-refractivity contribution in [1.82, 2.24) is 9.80 Å². The minimum Gasteiger partial charge on any atom is -0.338 e. The third-order valence-corrected chi connectivity index (χ3v) is 4.15. The molecule has 3 amide bonds. The lowest BCUT2D eigenvalue weighted by atomic mass is 10.0. The summed E-state index contributed by atoms with van der Waals surface area (Å²) < 4.78 is 0. The summed E-state index contributed by atoms with van der Waals surface area (Å²) in [6.45, 7) is 7.96. The number of benzene rings is 1. The van der Waals surface area contributed by atoms with E-state index in [1.807, 2.05) is 45.0 Å². The molecule has 1 aliphatic rings. The molecule has 1 aromatic carbocycles. The Hall–Kier alpha value is -2.08. The van der Waals surface area contributed by atoms with Gasteiger partial charge in [-0.3, -0.25) is 4.79 Å². The number of carbonyl (C=O) groups excluding carboxylic acids is 2. The van der Waals surface area contributed by atoms with E-state index in [1.165, 1.54) is 0 Å². The van der Waals surface area contributed by atoms with Crippen LogP contribution in [0.15, 0.2) is 24.3 Å². The van der Waals surface area contributed by atoms with Crippen molar-refractivity contribution in [3.8, 4) is 0 Å². The van der Waals surface area contributed by atoms with Crippen LogP contribution in [0.2, 0.25) is 0 Å². The predicted molar refractivity (Wildman–Crippen MR) is 91.2 cm³/mol. The van der Waals surface area contributed by atoms with Crippen LogP contribution in [0.4, 0.5) is 10.5 Å². The molecular weight excluding hydrogens is 292 g/mol. The highest BCUT2D eigenvalue weighted by atomic mass is 16.2. The highest BCUT2D eigenvalue weighted by Crippen LogP contribution is 2.12. The van der Waals surface area contributed by atoms with Crippen LogP contribution in [0.25, 0.3) is 0 Å². The molecule has 0 unspecified atom stereocenters. The van der Waals surface area contributed by atoms with E-state index < -0.39 is 6.04 Å². The SMILES string of the molecule is Cc1cccc(NC(=O)N2CCN(C(=O)[C@@H](N)C(C)C)CC2)c1. The first-order valence-electron chi connectivity index (χ1n) is 8.05. The molecule has 3 N–H and O–H groups in total. The van der Waals surface area contributed by atoms with Crippen molar-refractivity contribution in [2.45, 2.75) is 26.8 Å². The number of urea groups is 1. The molecule has 1 aromatic rings. The molecule has 0 aromatic heterocycles. The van der Waals surface area contributed by atoms with Gasteiger partial charge in [0.15, 0.2) is 0 Å². The van der Waals surface area contributed by atoms with Gasteiger partial charge in [0.25, 0.3) is 0 Å². The summed E-state index contributed by atoms with van der Waals surface area (Å²) in [4.78, 5) is 28.0. The number of hydrogen-bond donors (Lipinski definition) is 2. The van der Waals surface area contributed by atoms with Gasteiger partial charge in [-0.1, -0.05) is 26.0 Å². The van der Waals surface area contributed by atoms with Crippen molar-refractivity contribution in [2.24, 2.45) is 11.7 Å². The molecule has 6 nitrogen and oxygen atoms in total. The lowest BCUT2D eigenvalue weighted by Crippen LogP contribution is -2.55. The lowest BCUT2D eigenvalue weighted by Gasteiger charge is -2.36. The monoisotopic (exact) mass is 318 g/mol. The quantitative estimate of drug-likeness (QED) is 0.889. The van der Waals surface area contributed by atoms with E-state index in [9.17, 15) is 9.59 Å². The Kier molecular flexibility index (Phi) is 5.60. The van der Waals surface area contributed by atoms with Crippen molar-refractivity contribution < 1.29 is 9.59 Å². The Labute approximate surface area is 137 Å². The molecule has 0 bridgehead atoms. The number of carbonyl (C=O) groups is 2. The molecule has 6 heteroatoms. The predicted octanol–water partition coefficient (Wildman–Crippen LogP) is 1.65. The van der Waals surface area contributed by atoms with Gasteiger partial charge in [0.05, 0.1) is 6.04 Å². The smallest absolute Gasteiger partial charge is 0.321 e. The molecule has 1 fully saturated rings. The zero-order chi connectivity index (χ0) is 17.0. The zero-order valence-electron chi connectivity index (χ0n) is 14.1. The Morgan fingerprint density at radius 2 is 1.74 bits per heavy atom. The molecule has 1 heterocycles. The van der Waals surface area contributed by atoms with Crippen LogP contribution < -0.4 is 11.1 Å². The zero-order valence-corrected chi connectivity index (χ0v) is 14.1. The molecule has 0 spiro atoms. The second-order valence-corrected chi connectivity index (χ2v) is 6.38. The summed E-state index contributed by atoms with van der Waals surface area (Å²) in [5.41, 5.74) is 7.80. The van der Waals surface area contributed by atoms with Gasteiger partial charge in [-0.05, 0) is 30.5 Å². The van der Waals surface area contributed by atoms with Gasteiger partial charge in [-0.2, -0.15) is 0 Å². The fourth-order valence-electron chi connectivity index (χ4n) is 2.55. The second kappa shape index (κ2) is 7.46. The number of nitrogens with one attached hydrogen (secondary N) is 1. The average molecular weight is 318 g/mol. The standard InChI is InChI=1S/C17H26N4O2/c1-12(2)15(18)16(22)20-7-9-21(10-8-20)17(23)19-14-6-4-5-13(3)11-14/h4-6,11-12,15H,7-10,18H2,1-3H3,(H,19,23)/t15-/m0/s1. The summed E-state index contributed by atoms with van der Waals surface area (Å²) in [5, 5.41) is 2.90. The number of piperazine rings is 1. The molecule has 23 heavy (non-hydrogen) atoms. The van der Waals surface area contributed by atoms with Crippen molar-refractivity contribution in [3.63, 3.8) is 0 Å². The molecule has 1 atom stereocenters. The van der Waals surface area contributed by atoms with Crippen LogP contribution in [-0.2, 0) is 4.79 Å². The largest absolute Gasteiger partial charge is 0.338 e. The molecule has 0 saturated carbocycles. The van der Waals surface area contributed by atoms with Crippen LogP contribution in [0.3, 0.4) is 0 Å². The first kappa shape index (κ1) is 17.3. The van der Waals surface area contributed by atoms with E-state index in [2.05, 4.69) is 5.32 Å². The fourth-order valence-corrected chi connectivity index (χ4v) is 2.55. The van der Waals surface area contributed by atoms with Crippen LogP contribution in [0, 0.1) is 12.8 Å². The maximum absolute atomic E-state index is 12.3. The van der Waals surface area contributed by atoms with E-state index >= 15 is 0 Å². The van der Waals surface area contributed by atoms with Crippen molar-refractivity contribution in [3.05, 3.63) is 29.8 Å². The Bertz CT molecular complexity index is 565. The Morgan fingerprint density at radius 3 is 2.30 bits per heavy atom. The normalized spacial score (nSPS) is 16.4. The Morgan fingerprint density at radius 1 is 1.13 bits per heavy atom. The summed E-state index contributed by atoms with van der Waals surface area (Å²) >= 11 is 0. The van der Waals surface area contributed by atoms with E-state index in [4.69, 9.17) is 5.73 Å². The van der Waals surface area contributed by atoms with Gasteiger partial charge in [0.1, 0.15) is 0 Å². The first-order valence-corrected chi connectivity index (χ1v) is 8.05. The van der Waals surface area contributed by atoms with E-state index in [0.29, 0.717) is 26.2 Å². The molecule has 2 rings (SSSR count). The molecular formula is C17H26N4O2. The number of amides is 3.